The Morgan fingerprint density at radius 2 is 1.71 bits per heavy atom. The number of carbonyl (C=O) groups excluding carboxylic acids is 3. The van der Waals surface area contributed by atoms with Crippen molar-refractivity contribution < 1.29 is 37.0 Å². The van der Waals surface area contributed by atoms with E-state index in [1.54, 1.807) is 17.0 Å². The number of ketones is 1. The van der Waals surface area contributed by atoms with E-state index in [9.17, 15) is 27.6 Å². The Morgan fingerprint density at radius 1 is 1.03 bits per heavy atom. The van der Waals surface area contributed by atoms with Crippen molar-refractivity contribution in [2.24, 2.45) is 0 Å². The number of esters is 1. The lowest BCUT2D eigenvalue weighted by Crippen LogP contribution is -2.37. The molecule has 0 radical (unpaired) electrons. The highest BCUT2D eigenvalue weighted by Crippen LogP contribution is 2.35. The molecule has 7 nitrogen and oxygen atoms in total. The maximum atomic E-state index is 13.2. The molecule has 34 heavy (non-hydrogen) atoms. The number of morpholine rings is 1. The Hall–Kier alpha value is -3.11. The van der Waals surface area contributed by atoms with Gasteiger partial charge in [-0.2, -0.15) is 13.2 Å². The van der Waals surface area contributed by atoms with Gasteiger partial charge in [-0.05, 0) is 42.5 Å². The van der Waals surface area contributed by atoms with Crippen molar-refractivity contribution >= 4 is 40.6 Å². The number of rotatable bonds is 8. The second-order valence-corrected chi connectivity index (χ2v) is 7.90. The van der Waals surface area contributed by atoms with Crippen molar-refractivity contribution in [2.75, 3.05) is 43.1 Å². The molecule has 0 bridgehead atoms. The molecule has 1 amide bonds. The first-order valence-electron chi connectivity index (χ1n) is 10.4. The van der Waals surface area contributed by atoms with E-state index in [4.69, 9.17) is 21.1 Å². The number of amides is 1. The minimum absolute atomic E-state index is 0.0457. The normalized spacial score (nSPS) is 13.9. The van der Waals surface area contributed by atoms with E-state index in [1.165, 1.54) is 18.2 Å². The van der Waals surface area contributed by atoms with Gasteiger partial charge in [0.15, 0.2) is 12.4 Å². The molecule has 0 spiro atoms. The predicted octanol–water partition coefficient (Wildman–Crippen LogP) is 4.34. The molecular weight excluding hydrogens is 477 g/mol. The lowest BCUT2D eigenvalue weighted by molar-refractivity contribution is -0.147. The first kappa shape index (κ1) is 25.5. The van der Waals surface area contributed by atoms with E-state index < -0.39 is 30.2 Å². The van der Waals surface area contributed by atoms with E-state index in [0.717, 1.165) is 12.1 Å². The Labute approximate surface area is 198 Å². The van der Waals surface area contributed by atoms with Crippen LogP contribution >= 0.6 is 11.6 Å². The smallest absolute Gasteiger partial charge is 0.416 e. The molecule has 1 heterocycles. The molecule has 1 aliphatic rings. The summed E-state index contributed by atoms with van der Waals surface area (Å²) in [5, 5.41) is 2.87. The molecule has 0 atom stereocenters. The summed E-state index contributed by atoms with van der Waals surface area (Å²) in [5.41, 5.74) is -0.173. The third kappa shape index (κ3) is 7.19. The van der Waals surface area contributed by atoms with Crippen LogP contribution in [-0.2, 0) is 25.2 Å². The van der Waals surface area contributed by atoms with Crippen LogP contribution in [0.3, 0.4) is 0 Å². The maximum Gasteiger partial charge on any atom is 0.416 e. The van der Waals surface area contributed by atoms with Crippen LogP contribution in [0.1, 0.15) is 28.8 Å². The van der Waals surface area contributed by atoms with Gasteiger partial charge in [0.2, 0.25) is 0 Å². The molecule has 1 saturated heterocycles. The van der Waals surface area contributed by atoms with Gasteiger partial charge in [0.25, 0.3) is 5.91 Å². The van der Waals surface area contributed by atoms with E-state index in [2.05, 4.69) is 5.32 Å². The molecule has 0 unspecified atom stereocenters. The molecule has 182 valence electrons. The van der Waals surface area contributed by atoms with Gasteiger partial charge < -0.3 is 19.7 Å². The fourth-order valence-electron chi connectivity index (χ4n) is 3.29. The monoisotopic (exact) mass is 498 g/mol. The molecule has 1 N–H and O–H groups in total. The average molecular weight is 499 g/mol. The van der Waals surface area contributed by atoms with Crippen LogP contribution in [0.5, 0.6) is 0 Å². The molecule has 1 fully saturated rings. The number of carbonyl (C=O) groups is 3. The second kappa shape index (κ2) is 11.3. The zero-order valence-electron chi connectivity index (χ0n) is 18.0. The number of hydrogen-bond donors (Lipinski definition) is 1. The SMILES string of the molecule is O=C(COC(=O)CCC(=O)c1ccc(Cl)cc1)Nc1cc(C(F)(F)F)ccc1N1CCOCC1. The van der Waals surface area contributed by atoms with Crippen LogP contribution in [0, 0.1) is 0 Å². The molecule has 3 rings (SSSR count). The average Bonchev–Trinajstić information content (AvgIpc) is 2.81. The summed E-state index contributed by atoms with van der Waals surface area (Å²) in [5.74, 6) is -1.88. The van der Waals surface area contributed by atoms with E-state index in [-0.39, 0.29) is 24.3 Å². The van der Waals surface area contributed by atoms with Crippen LogP contribution in [0.4, 0.5) is 24.5 Å². The second-order valence-electron chi connectivity index (χ2n) is 7.47. The zero-order valence-corrected chi connectivity index (χ0v) is 18.7. The Morgan fingerprint density at radius 3 is 2.35 bits per heavy atom. The summed E-state index contributed by atoms with van der Waals surface area (Å²) in [7, 11) is 0. The van der Waals surface area contributed by atoms with Crippen molar-refractivity contribution in [2.45, 2.75) is 19.0 Å². The third-order valence-electron chi connectivity index (χ3n) is 5.04. The van der Waals surface area contributed by atoms with Crippen molar-refractivity contribution in [3.8, 4) is 0 Å². The predicted molar refractivity (Wildman–Crippen MR) is 119 cm³/mol. The van der Waals surface area contributed by atoms with Crippen LogP contribution < -0.4 is 10.2 Å². The molecule has 1 aliphatic heterocycles. The number of nitrogens with one attached hydrogen (secondary N) is 1. The largest absolute Gasteiger partial charge is 0.456 e. The maximum absolute atomic E-state index is 13.2. The minimum Gasteiger partial charge on any atom is -0.456 e. The van der Waals surface area contributed by atoms with Crippen molar-refractivity contribution in [1.29, 1.82) is 0 Å². The number of anilines is 2. The highest BCUT2D eigenvalue weighted by molar-refractivity contribution is 6.30. The first-order valence-corrected chi connectivity index (χ1v) is 10.8. The molecule has 2 aromatic rings. The highest BCUT2D eigenvalue weighted by Gasteiger charge is 2.32. The first-order chi connectivity index (χ1) is 16.1. The summed E-state index contributed by atoms with van der Waals surface area (Å²) in [6.07, 6.45) is -4.97. The molecule has 2 aromatic carbocycles. The van der Waals surface area contributed by atoms with Gasteiger partial charge in [-0.1, -0.05) is 11.6 Å². The number of Topliss-reactive ketones (excluding diaryl/α,β-unsaturated/α-hetero) is 1. The molecule has 11 heteroatoms. The third-order valence-corrected chi connectivity index (χ3v) is 5.29. The van der Waals surface area contributed by atoms with Crippen LogP contribution in [-0.4, -0.2) is 50.6 Å². The van der Waals surface area contributed by atoms with Crippen LogP contribution in [0.25, 0.3) is 0 Å². The van der Waals surface area contributed by atoms with Crippen molar-refractivity contribution in [1.82, 2.24) is 0 Å². The number of alkyl halides is 3. The van der Waals surface area contributed by atoms with Crippen LogP contribution in [0.15, 0.2) is 42.5 Å². The van der Waals surface area contributed by atoms with Gasteiger partial charge in [0, 0.05) is 30.1 Å². The number of benzene rings is 2. The fourth-order valence-corrected chi connectivity index (χ4v) is 3.42. The van der Waals surface area contributed by atoms with Gasteiger partial charge in [0.1, 0.15) is 0 Å². The van der Waals surface area contributed by atoms with Crippen LogP contribution in [0.2, 0.25) is 5.02 Å². The van der Waals surface area contributed by atoms with Gasteiger partial charge in [-0.3, -0.25) is 14.4 Å². The summed E-state index contributed by atoms with van der Waals surface area (Å²) in [4.78, 5) is 38.2. The lowest BCUT2D eigenvalue weighted by atomic mass is 10.1. The summed E-state index contributed by atoms with van der Waals surface area (Å²) < 4.78 is 49.7. The number of halogens is 4. The molecule has 0 saturated carbocycles. The summed E-state index contributed by atoms with van der Waals surface area (Å²) in [6, 6.07) is 9.24. The highest BCUT2D eigenvalue weighted by atomic mass is 35.5. The molecule has 0 aliphatic carbocycles. The van der Waals surface area contributed by atoms with Crippen molar-refractivity contribution in [3.05, 3.63) is 58.6 Å². The fraction of sp³-hybridized carbons (Fsp3) is 0.348. The number of ether oxygens (including phenoxy) is 2. The summed E-state index contributed by atoms with van der Waals surface area (Å²) in [6.45, 7) is 1.00. The lowest BCUT2D eigenvalue weighted by Gasteiger charge is -2.31. The van der Waals surface area contributed by atoms with Gasteiger partial charge in [0.05, 0.1) is 36.6 Å². The van der Waals surface area contributed by atoms with Crippen molar-refractivity contribution in [3.63, 3.8) is 0 Å². The molecule has 0 aromatic heterocycles. The Bertz CT molecular complexity index is 1040. The standard InChI is InChI=1S/C23H22ClF3N2O5/c24-17-4-1-15(2-5-17)20(30)7-8-22(32)34-14-21(31)28-18-13-16(23(25,26)27)3-6-19(18)29-9-11-33-12-10-29/h1-6,13H,7-12,14H2,(H,28,31). The van der Waals surface area contributed by atoms with E-state index in [1.807, 2.05) is 0 Å². The quantitative estimate of drug-likeness (QED) is 0.430. The summed E-state index contributed by atoms with van der Waals surface area (Å²) >= 11 is 5.77. The number of hydrogen-bond acceptors (Lipinski definition) is 6. The minimum atomic E-state index is -4.59. The Kier molecular flexibility index (Phi) is 8.51. The molecular formula is C23H22ClF3N2O5. The van der Waals surface area contributed by atoms with Gasteiger partial charge >= 0.3 is 12.1 Å². The van der Waals surface area contributed by atoms with E-state index in [0.29, 0.717) is 42.6 Å². The Balaban J connectivity index is 1.57. The van der Waals surface area contributed by atoms with Gasteiger partial charge in [-0.25, -0.2) is 0 Å². The topological polar surface area (TPSA) is 84.9 Å². The van der Waals surface area contributed by atoms with E-state index >= 15 is 0 Å². The number of nitrogens with zero attached hydrogens (tertiary/aromatic N) is 1. The van der Waals surface area contributed by atoms with Gasteiger partial charge in [-0.15, -0.1) is 0 Å². The zero-order chi connectivity index (χ0) is 24.7.